The summed E-state index contributed by atoms with van der Waals surface area (Å²) < 4.78 is 6.09. The molecule has 2 aromatic heterocycles. The molecule has 0 saturated carbocycles. The Morgan fingerprint density at radius 1 is 1.47 bits per heavy atom. The van der Waals surface area contributed by atoms with Gasteiger partial charge in [0.25, 0.3) is 5.91 Å². The summed E-state index contributed by atoms with van der Waals surface area (Å²) >= 11 is 7.42. The molecule has 0 aromatic carbocycles. The lowest BCUT2D eigenvalue weighted by molar-refractivity contribution is 0.0950. The molecule has 0 aliphatic heterocycles. The molecule has 1 amide bonds. The molecule has 0 fully saturated rings. The Hall–Kier alpha value is -1.34. The monoisotopic (exact) mass is 299 g/mol. The lowest BCUT2D eigenvalue weighted by Crippen LogP contribution is -2.31. The zero-order valence-corrected chi connectivity index (χ0v) is 11.9. The first-order valence-corrected chi connectivity index (χ1v) is 6.79. The first-order chi connectivity index (χ1) is 9.10. The number of hydrogen-bond acceptors (Lipinski definition) is 5. The maximum Gasteiger partial charge on any atom is 0.268 e. The van der Waals surface area contributed by atoms with Crippen molar-refractivity contribution in [2.24, 2.45) is 5.84 Å². The van der Waals surface area contributed by atoms with E-state index in [1.807, 2.05) is 24.1 Å². The van der Waals surface area contributed by atoms with E-state index < -0.39 is 0 Å². The molecule has 2 aromatic rings. The molecular formula is C12H14ClN3O2S. The van der Waals surface area contributed by atoms with Crippen LogP contribution < -0.4 is 11.3 Å². The average Bonchev–Trinajstić information content (AvgIpc) is 2.97. The zero-order valence-electron chi connectivity index (χ0n) is 10.4. The Bertz CT molecular complexity index is 567. The van der Waals surface area contributed by atoms with Crippen LogP contribution in [0.25, 0.3) is 0 Å². The van der Waals surface area contributed by atoms with Gasteiger partial charge in [0.2, 0.25) is 0 Å². The quantitative estimate of drug-likeness (QED) is 0.504. The van der Waals surface area contributed by atoms with Crippen molar-refractivity contribution in [3.63, 3.8) is 0 Å². The van der Waals surface area contributed by atoms with Crippen molar-refractivity contribution in [2.75, 3.05) is 7.05 Å². The highest BCUT2D eigenvalue weighted by Crippen LogP contribution is 2.23. The molecule has 2 rings (SSSR count). The summed E-state index contributed by atoms with van der Waals surface area (Å²) in [6.45, 7) is 1.26. The second-order valence-corrected chi connectivity index (χ2v) is 5.91. The van der Waals surface area contributed by atoms with Crippen molar-refractivity contribution >= 4 is 28.8 Å². The molecule has 2 heterocycles. The van der Waals surface area contributed by atoms with Crippen molar-refractivity contribution in [1.82, 2.24) is 10.3 Å². The third-order valence-electron chi connectivity index (χ3n) is 2.59. The van der Waals surface area contributed by atoms with Crippen LogP contribution >= 0.6 is 22.9 Å². The minimum Gasteiger partial charge on any atom is -0.467 e. The SMILES string of the molecule is CN(Cc1ccc(Cl)s1)Cc1occc1C(=O)NN. The van der Waals surface area contributed by atoms with E-state index in [-0.39, 0.29) is 5.91 Å². The molecule has 19 heavy (non-hydrogen) atoms. The maximum absolute atomic E-state index is 11.5. The molecule has 0 spiro atoms. The first kappa shape index (κ1) is 14.1. The number of nitrogens with zero attached hydrogens (tertiary/aromatic N) is 1. The van der Waals surface area contributed by atoms with Gasteiger partial charge in [0.05, 0.1) is 22.7 Å². The number of halogens is 1. The van der Waals surface area contributed by atoms with Crippen LogP contribution in [0.5, 0.6) is 0 Å². The van der Waals surface area contributed by atoms with Gasteiger partial charge in [-0.25, -0.2) is 5.84 Å². The Morgan fingerprint density at radius 3 is 2.89 bits per heavy atom. The smallest absolute Gasteiger partial charge is 0.268 e. The fourth-order valence-electron chi connectivity index (χ4n) is 1.75. The van der Waals surface area contributed by atoms with Gasteiger partial charge >= 0.3 is 0 Å². The van der Waals surface area contributed by atoms with Gasteiger partial charge in [-0.3, -0.25) is 15.1 Å². The van der Waals surface area contributed by atoms with Gasteiger partial charge in [-0.05, 0) is 25.2 Å². The Morgan fingerprint density at radius 2 is 2.26 bits per heavy atom. The average molecular weight is 300 g/mol. The number of nitrogens with two attached hydrogens (primary N) is 1. The Balaban J connectivity index is 2.01. The number of nitrogen functional groups attached to an aromatic ring is 1. The molecule has 0 bridgehead atoms. The van der Waals surface area contributed by atoms with Crippen LogP contribution in [-0.2, 0) is 13.1 Å². The summed E-state index contributed by atoms with van der Waals surface area (Å²) in [7, 11) is 1.94. The molecule has 0 saturated heterocycles. The summed E-state index contributed by atoms with van der Waals surface area (Å²) in [4.78, 5) is 14.7. The zero-order chi connectivity index (χ0) is 13.8. The van der Waals surface area contributed by atoms with E-state index in [1.165, 1.54) is 17.6 Å². The summed E-state index contributed by atoms with van der Waals surface area (Å²) in [5, 5.41) is 0. The molecule has 3 N–H and O–H groups in total. The van der Waals surface area contributed by atoms with E-state index in [2.05, 4.69) is 5.43 Å². The van der Waals surface area contributed by atoms with E-state index >= 15 is 0 Å². The largest absolute Gasteiger partial charge is 0.467 e. The fraction of sp³-hybridized carbons (Fsp3) is 0.250. The lowest BCUT2D eigenvalue weighted by atomic mass is 10.2. The van der Waals surface area contributed by atoms with Gasteiger partial charge in [0.1, 0.15) is 5.76 Å². The second-order valence-electron chi connectivity index (χ2n) is 4.11. The number of carbonyl (C=O) groups is 1. The highest BCUT2D eigenvalue weighted by molar-refractivity contribution is 7.16. The van der Waals surface area contributed by atoms with Crippen molar-refractivity contribution in [2.45, 2.75) is 13.1 Å². The second kappa shape index (κ2) is 6.21. The van der Waals surface area contributed by atoms with Gasteiger partial charge in [-0.15, -0.1) is 11.3 Å². The number of furan rings is 1. The highest BCUT2D eigenvalue weighted by Gasteiger charge is 2.15. The van der Waals surface area contributed by atoms with E-state index in [4.69, 9.17) is 21.9 Å². The van der Waals surface area contributed by atoms with E-state index in [0.717, 1.165) is 15.8 Å². The summed E-state index contributed by atoms with van der Waals surface area (Å²) in [5.41, 5.74) is 2.56. The molecular weight excluding hydrogens is 286 g/mol. The van der Waals surface area contributed by atoms with Gasteiger partial charge in [-0.2, -0.15) is 0 Å². The number of amides is 1. The number of thiophene rings is 1. The summed E-state index contributed by atoms with van der Waals surface area (Å²) in [6, 6.07) is 5.46. The van der Waals surface area contributed by atoms with Crippen LogP contribution in [0, 0.1) is 0 Å². The van der Waals surface area contributed by atoms with E-state index in [0.29, 0.717) is 17.9 Å². The number of carbonyl (C=O) groups excluding carboxylic acids is 1. The molecule has 102 valence electrons. The summed E-state index contributed by atoms with van der Waals surface area (Å²) in [6.07, 6.45) is 1.48. The van der Waals surface area contributed by atoms with Crippen LogP contribution in [0.4, 0.5) is 0 Å². The Labute approximate surface area is 119 Å². The third kappa shape index (κ3) is 3.57. The lowest BCUT2D eigenvalue weighted by Gasteiger charge is -2.14. The van der Waals surface area contributed by atoms with E-state index in [9.17, 15) is 4.79 Å². The Kier molecular flexibility index (Phi) is 4.60. The molecule has 0 aliphatic rings. The van der Waals surface area contributed by atoms with Gasteiger partial charge in [-0.1, -0.05) is 11.6 Å². The number of hydrazine groups is 1. The first-order valence-electron chi connectivity index (χ1n) is 5.60. The predicted octanol–water partition coefficient (Wildman–Crippen LogP) is 2.23. The molecule has 5 nitrogen and oxygen atoms in total. The molecule has 0 aliphatic carbocycles. The number of rotatable bonds is 5. The normalized spacial score (nSPS) is 10.9. The minimum absolute atomic E-state index is 0.351. The topological polar surface area (TPSA) is 71.5 Å². The van der Waals surface area contributed by atoms with Gasteiger partial charge in [0.15, 0.2) is 0 Å². The molecule has 7 heteroatoms. The van der Waals surface area contributed by atoms with Crippen LogP contribution in [0.2, 0.25) is 4.34 Å². The van der Waals surface area contributed by atoms with Gasteiger partial charge in [0, 0.05) is 11.4 Å². The maximum atomic E-state index is 11.5. The van der Waals surface area contributed by atoms with Crippen molar-refractivity contribution in [3.05, 3.63) is 45.0 Å². The van der Waals surface area contributed by atoms with Crippen molar-refractivity contribution in [1.29, 1.82) is 0 Å². The fourth-order valence-corrected chi connectivity index (χ4v) is 2.91. The van der Waals surface area contributed by atoms with Crippen LogP contribution in [0.1, 0.15) is 21.0 Å². The predicted molar refractivity (Wildman–Crippen MR) is 74.9 cm³/mol. The summed E-state index contributed by atoms with van der Waals surface area (Å²) in [5.74, 6) is 5.36. The van der Waals surface area contributed by atoms with E-state index in [1.54, 1.807) is 6.07 Å². The van der Waals surface area contributed by atoms with Crippen LogP contribution in [0.15, 0.2) is 28.9 Å². The molecule has 0 unspecified atom stereocenters. The molecule has 0 radical (unpaired) electrons. The number of hydrogen-bond donors (Lipinski definition) is 2. The standard InChI is InChI=1S/C12H14ClN3O2S/c1-16(6-8-2-3-11(13)19-8)7-10-9(4-5-18-10)12(17)15-14/h2-5H,6-7,14H2,1H3,(H,15,17). The highest BCUT2D eigenvalue weighted by atomic mass is 35.5. The third-order valence-corrected chi connectivity index (χ3v) is 3.81. The minimum atomic E-state index is -0.351. The van der Waals surface area contributed by atoms with Crippen LogP contribution in [-0.4, -0.2) is 17.9 Å². The molecule has 0 atom stereocenters. The van der Waals surface area contributed by atoms with Crippen molar-refractivity contribution in [3.8, 4) is 0 Å². The van der Waals surface area contributed by atoms with Crippen LogP contribution in [0.3, 0.4) is 0 Å². The number of nitrogens with one attached hydrogen (secondary N) is 1. The van der Waals surface area contributed by atoms with Gasteiger partial charge < -0.3 is 4.42 Å². The van der Waals surface area contributed by atoms with Crippen molar-refractivity contribution < 1.29 is 9.21 Å².